The maximum absolute atomic E-state index is 14.3. The standard InChI is InChI=1S/C23H18F4N2O3S2/c24-17-12-15(23(25,26)27)5-6-18(17)28-7-9-29(10-8-28)22(30)19-11-14-13-34(31,32)20-4-2-1-3-16(20)21(14)33-19/h1-6,11-12H,7-10,13H2. The summed E-state index contributed by atoms with van der Waals surface area (Å²) in [6.45, 7) is 1.04. The molecular formula is C23H18F4N2O3S2. The van der Waals surface area contributed by atoms with Crippen molar-refractivity contribution >= 4 is 32.8 Å². The van der Waals surface area contributed by atoms with E-state index in [1.165, 1.54) is 11.3 Å². The number of hydrogen-bond acceptors (Lipinski definition) is 5. The largest absolute Gasteiger partial charge is 0.416 e. The lowest BCUT2D eigenvalue weighted by Crippen LogP contribution is -2.48. The highest BCUT2D eigenvalue weighted by Crippen LogP contribution is 2.43. The van der Waals surface area contributed by atoms with Crippen molar-refractivity contribution in [2.24, 2.45) is 0 Å². The van der Waals surface area contributed by atoms with Gasteiger partial charge >= 0.3 is 6.18 Å². The molecule has 3 aromatic rings. The van der Waals surface area contributed by atoms with Gasteiger partial charge in [-0.3, -0.25) is 4.79 Å². The molecule has 0 spiro atoms. The van der Waals surface area contributed by atoms with Crippen molar-refractivity contribution in [1.29, 1.82) is 0 Å². The smallest absolute Gasteiger partial charge is 0.366 e. The predicted molar refractivity (Wildman–Crippen MR) is 120 cm³/mol. The van der Waals surface area contributed by atoms with Crippen molar-refractivity contribution in [3.63, 3.8) is 0 Å². The number of alkyl halides is 3. The molecule has 1 saturated heterocycles. The molecule has 3 heterocycles. The zero-order chi connectivity index (χ0) is 24.3. The van der Waals surface area contributed by atoms with Crippen molar-refractivity contribution in [1.82, 2.24) is 4.90 Å². The first-order valence-corrected chi connectivity index (χ1v) is 12.9. The molecule has 178 valence electrons. The van der Waals surface area contributed by atoms with Crippen LogP contribution in [-0.4, -0.2) is 45.4 Å². The number of piperazine rings is 1. The van der Waals surface area contributed by atoms with E-state index in [-0.39, 0.29) is 48.4 Å². The van der Waals surface area contributed by atoms with Gasteiger partial charge in [0.25, 0.3) is 5.91 Å². The third-order valence-corrected chi connectivity index (χ3v) is 8.93. The molecule has 0 aliphatic carbocycles. The summed E-state index contributed by atoms with van der Waals surface area (Å²) >= 11 is 1.25. The van der Waals surface area contributed by atoms with Crippen LogP contribution in [0.15, 0.2) is 53.4 Å². The number of carbonyl (C=O) groups is 1. The highest BCUT2D eigenvalue weighted by molar-refractivity contribution is 7.91. The summed E-state index contributed by atoms with van der Waals surface area (Å²) in [6.07, 6.45) is -4.62. The molecular weight excluding hydrogens is 492 g/mol. The van der Waals surface area contributed by atoms with E-state index in [1.54, 1.807) is 40.1 Å². The van der Waals surface area contributed by atoms with Gasteiger partial charge in [0, 0.05) is 36.6 Å². The van der Waals surface area contributed by atoms with Crippen LogP contribution in [0.2, 0.25) is 0 Å². The number of fused-ring (bicyclic) bond motifs is 3. The lowest BCUT2D eigenvalue weighted by molar-refractivity contribution is -0.137. The summed E-state index contributed by atoms with van der Waals surface area (Å²) in [5.74, 6) is -1.37. The van der Waals surface area contributed by atoms with Crippen LogP contribution in [0.25, 0.3) is 10.4 Å². The molecule has 0 bridgehead atoms. The zero-order valence-corrected chi connectivity index (χ0v) is 19.2. The van der Waals surface area contributed by atoms with E-state index in [1.807, 2.05) is 0 Å². The molecule has 1 amide bonds. The quantitative estimate of drug-likeness (QED) is 0.464. The molecule has 0 N–H and O–H groups in total. The average molecular weight is 511 g/mol. The Hall–Kier alpha value is -2.92. The topological polar surface area (TPSA) is 57.7 Å². The number of carbonyl (C=O) groups excluding carboxylic acids is 1. The van der Waals surface area contributed by atoms with E-state index in [0.29, 0.717) is 22.1 Å². The molecule has 2 aliphatic rings. The Morgan fingerprint density at radius 2 is 1.68 bits per heavy atom. The van der Waals surface area contributed by atoms with Crippen LogP contribution in [0.1, 0.15) is 20.8 Å². The third-order valence-electron chi connectivity index (χ3n) is 6.01. The van der Waals surface area contributed by atoms with E-state index in [0.717, 1.165) is 17.0 Å². The minimum absolute atomic E-state index is 0.0634. The zero-order valence-electron chi connectivity index (χ0n) is 17.6. The van der Waals surface area contributed by atoms with Crippen LogP contribution in [-0.2, 0) is 21.8 Å². The van der Waals surface area contributed by atoms with Gasteiger partial charge in [0.1, 0.15) is 5.82 Å². The molecule has 1 aromatic heterocycles. The Labute approximate surface area is 197 Å². The molecule has 2 aliphatic heterocycles. The summed E-state index contributed by atoms with van der Waals surface area (Å²) in [6, 6.07) is 10.8. The minimum atomic E-state index is -4.62. The average Bonchev–Trinajstić information content (AvgIpc) is 3.21. The van der Waals surface area contributed by atoms with E-state index < -0.39 is 27.4 Å². The molecule has 0 atom stereocenters. The number of sulfone groups is 1. The predicted octanol–water partition coefficient (Wildman–Crippen LogP) is 4.82. The summed E-state index contributed by atoms with van der Waals surface area (Å²) < 4.78 is 77.9. The maximum Gasteiger partial charge on any atom is 0.416 e. The van der Waals surface area contributed by atoms with Gasteiger partial charge in [-0.1, -0.05) is 18.2 Å². The number of benzene rings is 2. The lowest BCUT2D eigenvalue weighted by Gasteiger charge is -2.36. The summed E-state index contributed by atoms with van der Waals surface area (Å²) in [5.41, 5.74) is 0.203. The van der Waals surface area contributed by atoms with Crippen LogP contribution in [0.5, 0.6) is 0 Å². The Balaban J connectivity index is 1.32. The Bertz CT molecular complexity index is 1390. The first-order valence-electron chi connectivity index (χ1n) is 10.4. The number of amides is 1. The second-order valence-corrected chi connectivity index (χ2v) is 11.2. The Morgan fingerprint density at radius 3 is 2.35 bits per heavy atom. The van der Waals surface area contributed by atoms with Crippen LogP contribution in [0.3, 0.4) is 0 Å². The van der Waals surface area contributed by atoms with Crippen molar-refractivity contribution in [3.05, 3.63) is 70.4 Å². The second-order valence-electron chi connectivity index (χ2n) is 8.16. The number of hydrogen-bond donors (Lipinski definition) is 0. The molecule has 5 rings (SSSR count). The molecule has 1 fully saturated rings. The molecule has 0 unspecified atom stereocenters. The molecule has 2 aromatic carbocycles. The Morgan fingerprint density at radius 1 is 0.971 bits per heavy atom. The van der Waals surface area contributed by atoms with Crippen LogP contribution >= 0.6 is 11.3 Å². The molecule has 0 radical (unpaired) electrons. The normalized spacial score (nSPS) is 17.3. The minimum Gasteiger partial charge on any atom is -0.366 e. The molecule has 0 saturated carbocycles. The van der Waals surface area contributed by atoms with Crippen molar-refractivity contribution < 1.29 is 30.8 Å². The first kappa shape index (κ1) is 22.9. The van der Waals surface area contributed by atoms with Gasteiger partial charge < -0.3 is 9.80 Å². The van der Waals surface area contributed by atoms with Crippen LogP contribution < -0.4 is 4.90 Å². The monoisotopic (exact) mass is 510 g/mol. The third kappa shape index (κ3) is 3.96. The number of nitrogens with zero attached hydrogens (tertiary/aromatic N) is 2. The number of halogens is 4. The molecule has 5 nitrogen and oxygen atoms in total. The van der Waals surface area contributed by atoms with Crippen molar-refractivity contribution in [3.8, 4) is 10.4 Å². The molecule has 34 heavy (non-hydrogen) atoms. The van der Waals surface area contributed by atoms with E-state index in [2.05, 4.69) is 0 Å². The fourth-order valence-corrected chi connectivity index (χ4v) is 7.25. The van der Waals surface area contributed by atoms with E-state index in [9.17, 15) is 30.8 Å². The second kappa shape index (κ2) is 8.09. The van der Waals surface area contributed by atoms with Gasteiger partial charge in [0.15, 0.2) is 9.84 Å². The number of rotatable bonds is 2. The van der Waals surface area contributed by atoms with Gasteiger partial charge in [0.2, 0.25) is 0 Å². The van der Waals surface area contributed by atoms with Crippen molar-refractivity contribution in [2.45, 2.75) is 16.8 Å². The fourth-order valence-electron chi connectivity index (χ4n) is 4.32. The van der Waals surface area contributed by atoms with Crippen molar-refractivity contribution in [2.75, 3.05) is 31.1 Å². The van der Waals surface area contributed by atoms with Gasteiger partial charge in [0.05, 0.1) is 26.8 Å². The highest BCUT2D eigenvalue weighted by atomic mass is 32.2. The first-order chi connectivity index (χ1) is 16.0. The number of anilines is 1. The van der Waals surface area contributed by atoms with Crippen LogP contribution in [0.4, 0.5) is 23.2 Å². The number of thiophene rings is 1. The SMILES string of the molecule is O=C(c1cc2c(s1)-c1ccccc1S(=O)(=O)C2)N1CCN(c2ccc(C(F)(F)F)cc2F)CC1. The summed E-state index contributed by atoms with van der Waals surface area (Å²) in [5, 5.41) is 0. The van der Waals surface area contributed by atoms with Gasteiger partial charge in [-0.25, -0.2) is 12.8 Å². The van der Waals surface area contributed by atoms with Gasteiger partial charge in [-0.2, -0.15) is 13.2 Å². The van der Waals surface area contributed by atoms with E-state index >= 15 is 0 Å². The van der Waals surface area contributed by atoms with E-state index in [4.69, 9.17) is 0 Å². The maximum atomic E-state index is 14.3. The molecule has 11 heteroatoms. The van der Waals surface area contributed by atoms with Crippen LogP contribution in [0, 0.1) is 5.82 Å². The fraction of sp³-hybridized carbons (Fsp3) is 0.261. The highest BCUT2D eigenvalue weighted by Gasteiger charge is 2.34. The van der Waals surface area contributed by atoms with Gasteiger partial charge in [-0.15, -0.1) is 11.3 Å². The summed E-state index contributed by atoms with van der Waals surface area (Å²) in [7, 11) is -3.48. The summed E-state index contributed by atoms with van der Waals surface area (Å²) in [4.78, 5) is 17.8. The van der Waals surface area contributed by atoms with Gasteiger partial charge in [-0.05, 0) is 35.9 Å². The lowest BCUT2D eigenvalue weighted by atomic mass is 10.1. The Kier molecular flexibility index (Phi) is 5.44.